The Morgan fingerprint density at radius 1 is 1.15 bits per heavy atom. The lowest BCUT2D eigenvalue weighted by Gasteiger charge is -2.07. The molecule has 0 aliphatic carbocycles. The van der Waals surface area contributed by atoms with Gasteiger partial charge in [0.1, 0.15) is 11.6 Å². The van der Waals surface area contributed by atoms with E-state index < -0.39 is 17.5 Å². The van der Waals surface area contributed by atoms with Crippen LogP contribution in [0.5, 0.6) is 0 Å². The molecule has 0 fully saturated rings. The lowest BCUT2D eigenvalue weighted by Crippen LogP contribution is -2.13. The molecular weight excluding hydrogens is 280 g/mol. The van der Waals surface area contributed by atoms with Crippen LogP contribution in [0.15, 0.2) is 42.5 Å². The molecule has 0 saturated heterocycles. The molecule has 2 rings (SSSR count). The summed E-state index contributed by atoms with van der Waals surface area (Å²) in [6.45, 7) is 0. The predicted molar refractivity (Wildman–Crippen MR) is 78.0 cm³/mol. The van der Waals surface area contributed by atoms with Crippen LogP contribution in [-0.4, -0.2) is 12.2 Å². The molecule has 0 aliphatic rings. The first-order chi connectivity index (χ1) is 9.60. The molecule has 0 atom stereocenters. The third kappa shape index (κ3) is 3.57. The predicted octanol–water partition coefficient (Wildman–Crippen LogP) is 4.08. The maximum atomic E-state index is 13.4. The third-order valence-corrected chi connectivity index (χ3v) is 3.33. The Morgan fingerprint density at radius 2 is 1.85 bits per heavy atom. The number of hydrogen-bond acceptors (Lipinski definition) is 2. The number of halogens is 2. The Morgan fingerprint density at radius 3 is 2.50 bits per heavy atom. The molecular formula is C15H13F2NOS. The topological polar surface area (TPSA) is 29.1 Å². The van der Waals surface area contributed by atoms with Crippen LogP contribution >= 0.6 is 11.8 Å². The van der Waals surface area contributed by atoms with Gasteiger partial charge in [0.05, 0.1) is 5.69 Å². The highest BCUT2D eigenvalue weighted by atomic mass is 32.2. The molecule has 0 aromatic heterocycles. The van der Waals surface area contributed by atoms with Gasteiger partial charge in [0.2, 0.25) is 0 Å². The maximum Gasteiger partial charge on any atom is 0.255 e. The van der Waals surface area contributed by atoms with E-state index in [4.69, 9.17) is 0 Å². The van der Waals surface area contributed by atoms with Gasteiger partial charge in [-0.15, -0.1) is 0 Å². The molecule has 1 N–H and O–H groups in total. The van der Waals surface area contributed by atoms with Crippen molar-refractivity contribution in [2.24, 2.45) is 0 Å². The molecule has 1 amide bonds. The molecule has 104 valence electrons. The van der Waals surface area contributed by atoms with Gasteiger partial charge in [0.15, 0.2) is 0 Å². The van der Waals surface area contributed by atoms with Crippen LogP contribution in [0.4, 0.5) is 14.5 Å². The van der Waals surface area contributed by atoms with Crippen molar-refractivity contribution >= 4 is 23.4 Å². The van der Waals surface area contributed by atoms with E-state index in [1.165, 1.54) is 0 Å². The monoisotopic (exact) mass is 293 g/mol. The van der Waals surface area contributed by atoms with Crippen LogP contribution in [0.25, 0.3) is 0 Å². The fourth-order valence-electron chi connectivity index (χ4n) is 1.71. The summed E-state index contributed by atoms with van der Waals surface area (Å²) in [5.41, 5.74) is 1.34. The third-order valence-electron chi connectivity index (χ3n) is 2.70. The second-order valence-electron chi connectivity index (χ2n) is 4.21. The summed E-state index contributed by atoms with van der Waals surface area (Å²) in [7, 11) is 0. The Hall–Kier alpha value is -1.88. The first kappa shape index (κ1) is 14.5. The number of carbonyl (C=O) groups excluding carboxylic acids is 1. The van der Waals surface area contributed by atoms with Crippen molar-refractivity contribution in [2.45, 2.75) is 5.75 Å². The summed E-state index contributed by atoms with van der Waals surface area (Å²) < 4.78 is 26.4. The summed E-state index contributed by atoms with van der Waals surface area (Å²) >= 11 is 1.68. The van der Waals surface area contributed by atoms with Gasteiger partial charge >= 0.3 is 0 Å². The quantitative estimate of drug-likeness (QED) is 0.920. The number of anilines is 1. The van der Waals surface area contributed by atoms with E-state index in [0.29, 0.717) is 5.56 Å². The van der Waals surface area contributed by atoms with Gasteiger partial charge < -0.3 is 5.32 Å². The van der Waals surface area contributed by atoms with Gasteiger partial charge in [-0.25, -0.2) is 8.78 Å². The summed E-state index contributed by atoms with van der Waals surface area (Å²) in [6.07, 6.45) is 1.99. The highest BCUT2D eigenvalue weighted by Gasteiger charge is 2.10. The molecule has 0 spiro atoms. The van der Waals surface area contributed by atoms with Gasteiger partial charge in [-0.2, -0.15) is 11.8 Å². The first-order valence-corrected chi connectivity index (χ1v) is 7.34. The van der Waals surface area contributed by atoms with Gasteiger partial charge in [0, 0.05) is 17.4 Å². The number of carbonyl (C=O) groups is 1. The van der Waals surface area contributed by atoms with Crippen LogP contribution in [0, 0.1) is 11.6 Å². The molecule has 0 unspecified atom stereocenters. The highest BCUT2D eigenvalue weighted by molar-refractivity contribution is 7.97. The average Bonchev–Trinajstić information content (AvgIpc) is 2.44. The lowest BCUT2D eigenvalue weighted by atomic mass is 10.1. The molecule has 0 radical (unpaired) electrons. The van der Waals surface area contributed by atoms with E-state index in [-0.39, 0.29) is 5.69 Å². The smallest absolute Gasteiger partial charge is 0.255 e. The molecule has 2 nitrogen and oxygen atoms in total. The van der Waals surface area contributed by atoms with Gasteiger partial charge in [0.25, 0.3) is 5.91 Å². The Balaban J connectivity index is 2.13. The van der Waals surface area contributed by atoms with Crippen molar-refractivity contribution in [3.63, 3.8) is 0 Å². The zero-order chi connectivity index (χ0) is 14.5. The van der Waals surface area contributed by atoms with Crippen LogP contribution in [0.3, 0.4) is 0 Å². The van der Waals surface area contributed by atoms with E-state index in [0.717, 1.165) is 29.5 Å². The standard InChI is InChI=1S/C15H13F2NOS/c1-20-9-10-2-4-11(5-3-10)15(19)18-14-8-12(16)6-7-13(14)17/h2-8H,9H2,1H3,(H,18,19). The van der Waals surface area contributed by atoms with Crippen LogP contribution in [0.2, 0.25) is 0 Å². The second-order valence-corrected chi connectivity index (χ2v) is 5.07. The molecule has 0 heterocycles. The Labute approximate surface area is 120 Å². The Kier molecular flexibility index (Phi) is 4.74. The van der Waals surface area contributed by atoms with Crippen molar-refractivity contribution in [3.05, 3.63) is 65.2 Å². The van der Waals surface area contributed by atoms with Crippen LogP contribution < -0.4 is 5.32 Å². The van der Waals surface area contributed by atoms with E-state index in [1.54, 1.807) is 23.9 Å². The molecule has 5 heteroatoms. The first-order valence-electron chi connectivity index (χ1n) is 5.94. The van der Waals surface area contributed by atoms with Crippen molar-refractivity contribution in [2.75, 3.05) is 11.6 Å². The minimum Gasteiger partial charge on any atom is -0.319 e. The number of amides is 1. The number of nitrogens with one attached hydrogen (secondary N) is 1. The maximum absolute atomic E-state index is 13.4. The molecule has 0 saturated carbocycles. The van der Waals surface area contributed by atoms with E-state index in [9.17, 15) is 13.6 Å². The van der Waals surface area contributed by atoms with Gasteiger partial charge in [-0.1, -0.05) is 12.1 Å². The minimum absolute atomic E-state index is 0.164. The number of thioether (sulfide) groups is 1. The van der Waals surface area contributed by atoms with Crippen molar-refractivity contribution in [1.29, 1.82) is 0 Å². The largest absolute Gasteiger partial charge is 0.319 e. The zero-order valence-corrected chi connectivity index (χ0v) is 11.6. The number of hydrogen-bond donors (Lipinski definition) is 1. The van der Waals surface area contributed by atoms with E-state index in [1.807, 2.05) is 18.4 Å². The van der Waals surface area contributed by atoms with Crippen molar-refractivity contribution in [3.8, 4) is 0 Å². The SMILES string of the molecule is CSCc1ccc(C(=O)Nc2cc(F)ccc2F)cc1. The fourth-order valence-corrected chi connectivity index (χ4v) is 2.23. The summed E-state index contributed by atoms with van der Waals surface area (Å²) in [5.74, 6) is -0.874. The van der Waals surface area contributed by atoms with Crippen LogP contribution in [0.1, 0.15) is 15.9 Å². The van der Waals surface area contributed by atoms with E-state index in [2.05, 4.69) is 5.32 Å². The van der Waals surface area contributed by atoms with E-state index >= 15 is 0 Å². The molecule has 2 aromatic carbocycles. The zero-order valence-electron chi connectivity index (χ0n) is 10.8. The highest BCUT2D eigenvalue weighted by Crippen LogP contribution is 2.17. The molecule has 2 aromatic rings. The van der Waals surface area contributed by atoms with Crippen LogP contribution in [-0.2, 0) is 5.75 Å². The summed E-state index contributed by atoms with van der Waals surface area (Å²) in [6, 6.07) is 9.95. The van der Waals surface area contributed by atoms with Gasteiger partial charge in [-0.3, -0.25) is 4.79 Å². The van der Waals surface area contributed by atoms with Crippen molar-refractivity contribution in [1.82, 2.24) is 0 Å². The number of benzene rings is 2. The second kappa shape index (κ2) is 6.52. The fraction of sp³-hybridized carbons (Fsp3) is 0.133. The van der Waals surface area contributed by atoms with Gasteiger partial charge in [-0.05, 0) is 36.1 Å². The molecule has 0 bridgehead atoms. The minimum atomic E-state index is -0.668. The summed E-state index contributed by atoms with van der Waals surface area (Å²) in [4.78, 5) is 11.9. The summed E-state index contributed by atoms with van der Waals surface area (Å²) in [5, 5.41) is 2.36. The molecule has 0 aliphatic heterocycles. The average molecular weight is 293 g/mol. The van der Waals surface area contributed by atoms with Crippen molar-refractivity contribution < 1.29 is 13.6 Å². The lowest BCUT2D eigenvalue weighted by molar-refractivity contribution is 0.102. The molecule has 20 heavy (non-hydrogen) atoms. The normalized spacial score (nSPS) is 10.3. The Bertz CT molecular complexity index is 614. The number of rotatable bonds is 4.